The Bertz CT molecular complexity index is 1370. The molecule has 1 aliphatic heterocycles. The number of aliphatic imine (C=N–C) groups is 1. The van der Waals surface area contributed by atoms with Gasteiger partial charge in [-0.2, -0.15) is 0 Å². The highest BCUT2D eigenvalue weighted by Gasteiger charge is 2.43. The van der Waals surface area contributed by atoms with Gasteiger partial charge in [-0.25, -0.2) is 9.78 Å². The van der Waals surface area contributed by atoms with E-state index in [0.29, 0.717) is 17.0 Å². The van der Waals surface area contributed by atoms with Gasteiger partial charge in [0.2, 0.25) is 0 Å². The van der Waals surface area contributed by atoms with Crippen LogP contribution in [0.3, 0.4) is 0 Å². The summed E-state index contributed by atoms with van der Waals surface area (Å²) in [4.78, 5) is 35.8. The van der Waals surface area contributed by atoms with Crippen molar-refractivity contribution in [2.75, 3.05) is 14.2 Å². The number of carbonyl (C=O) groups excluding carboxylic acids is 2. The van der Waals surface area contributed by atoms with Crippen LogP contribution in [0.15, 0.2) is 70.2 Å². The van der Waals surface area contributed by atoms with Crippen LogP contribution in [0.2, 0.25) is 0 Å². The van der Waals surface area contributed by atoms with E-state index in [2.05, 4.69) is 4.99 Å². The molecule has 0 aliphatic carbocycles. The maximum atomic E-state index is 13.3. The normalized spacial score (nSPS) is 17.4. The fourth-order valence-corrected chi connectivity index (χ4v) is 5.48. The van der Waals surface area contributed by atoms with Crippen LogP contribution in [0.1, 0.15) is 39.2 Å². The summed E-state index contributed by atoms with van der Waals surface area (Å²) in [5.41, 5.74) is 4.89. The van der Waals surface area contributed by atoms with Gasteiger partial charge >= 0.3 is 11.9 Å². The Kier molecular flexibility index (Phi) is 7.88. The van der Waals surface area contributed by atoms with E-state index in [1.165, 1.54) is 18.4 Å². The van der Waals surface area contributed by atoms with Gasteiger partial charge in [-0.15, -0.1) is 11.3 Å². The van der Waals surface area contributed by atoms with Gasteiger partial charge in [-0.3, -0.25) is 9.79 Å². The molecule has 192 valence electrons. The number of carbonyl (C=O) groups is 2. The fourth-order valence-electron chi connectivity index (χ4n) is 4.60. The molecule has 3 aromatic rings. The van der Waals surface area contributed by atoms with Gasteiger partial charge in [-0.05, 0) is 57.5 Å². The Morgan fingerprint density at radius 3 is 2.35 bits per heavy atom. The molecule has 37 heavy (non-hydrogen) atoms. The van der Waals surface area contributed by atoms with E-state index in [1.54, 1.807) is 34.8 Å². The molecule has 0 amide bonds. The van der Waals surface area contributed by atoms with Crippen molar-refractivity contribution in [3.63, 3.8) is 0 Å². The number of hydrogen-bond acceptors (Lipinski definition) is 8. The molecule has 1 aromatic heterocycles. The van der Waals surface area contributed by atoms with E-state index in [1.807, 2.05) is 53.9 Å². The maximum Gasteiger partial charge on any atom is 0.336 e. The van der Waals surface area contributed by atoms with Crippen LogP contribution in [0.25, 0.3) is 21.8 Å². The molecule has 4 rings (SSSR count). The first kappa shape index (κ1) is 26.3. The number of benzene rings is 2. The largest absolute Gasteiger partial charge is 0.497 e. The predicted octanol–water partition coefficient (Wildman–Crippen LogP) is 6.06. The summed E-state index contributed by atoms with van der Waals surface area (Å²) in [6.45, 7) is 7.15. The van der Waals surface area contributed by atoms with Crippen LogP contribution in [0.4, 0.5) is 0 Å². The zero-order valence-corrected chi connectivity index (χ0v) is 22.6. The molecule has 2 heterocycles. The van der Waals surface area contributed by atoms with Gasteiger partial charge in [0.25, 0.3) is 0 Å². The number of allylic oxidation sites excluding steroid dienone is 1. The lowest BCUT2D eigenvalue weighted by Gasteiger charge is -2.32. The molecule has 8 heteroatoms. The molecule has 2 aromatic carbocycles. The smallest absolute Gasteiger partial charge is 0.336 e. The van der Waals surface area contributed by atoms with Crippen LogP contribution in [-0.2, 0) is 19.1 Å². The predicted molar refractivity (Wildman–Crippen MR) is 145 cm³/mol. The quantitative estimate of drug-likeness (QED) is 0.354. The van der Waals surface area contributed by atoms with E-state index in [0.717, 1.165) is 33.1 Å². The van der Waals surface area contributed by atoms with Gasteiger partial charge < -0.3 is 14.2 Å². The second-order valence-corrected chi connectivity index (χ2v) is 9.90. The van der Waals surface area contributed by atoms with E-state index >= 15 is 0 Å². The molecule has 2 atom stereocenters. The summed E-state index contributed by atoms with van der Waals surface area (Å²) in [7, 11) is 2.98. The molecule has 0 saturated heterocycles. The minimum atomic E-state index is -0.773. The minimum absolute atomic E-state index is 0.321. The zero-order chi connectivity index (χ0) is 26.7. The number of rotatable bonds is 7. The number of aromatic nitrogens is 1. The number of hydrogen-bond donors (Lipinski definition) is 0. The zero-order valence-electron chi connectivity index (χ0n) is 21.8. The van der Waals surface area contributed by atoms with Crippen LogP contribution in [-0.4, -0.2) is 43.0 Å². The van der Waals surface area contributed by atoms with E-state index in [-0.39, 0.29) is 6.10 Å². The SMILES string of the molecule is COC(=O)C1C(C)=NC(C)=C(C(=O)OC(C)C)C1c1ccccc1-c1nc(-c2ccc(OC)cc2)cs1. The van der Waals surface area contributed by atoms with Crippen LogP contribution >= 0.6 is 11.3 Å². The first-order chi connectivity index (χ1) is 17.7. The second-order valence-electron chi connectivity index (χ2n) is 9.04. The Morgan fingerprint density at radius 1 is 1.00 bits per heavy atom. The van der Waals surface area contributed by atoms with Gasteiger partial charge in [0, 0.05) is 33.8 Å². The molecular formula is C29H30N2O5S. The average Bonchev–Trinajstić information content (AvgIpc) is 3.37. The number of thiazole rings is 1. The maximum absolute atomic E-state index is 13.3. The van der Waals surface area contributed by atoms with E-state index in [9.17, 15) is 9.59 Å². The van der Waals surface area contributed by atoms with Crippen molar-refractivity contribution in [2.45, 2.75) is 39.7 Å². The number of esters is 2. The molecular weight excluding hydrogens is 488 g/mol. The second kappa shape index (κ2) is 11.1. The molecule has 0 spiro atoms. The molecule has 0 N–H and O–H groups in total. The Morgan fingerprint density at radius 2 is 1.70 bits per heavy atom. The van der Waals surface area contributed by atoms with Crippen LogP contribution in [0, 0.1) is 5.92 Å². The van der Waals surface area contributed by atoms with Crippen molar-refractivity contribution in [1.29, 1.82) is 0 Å². The van der Waals surface area contributed by atoms with Gasteiger partial charge in [0.05, 0.1) is 31.6 Å². The Labute approximate surface area is 220 Å². The molecule has 0 radical (unpaired) electrons. The van der Waals surface area contributed by atoms with E-state index < -0.39 is 23.8 Å². The summed E-state index contributed by atoms with van der Waals surface area (Å²) >= 11 is 1.50. The van der Waals surface area contributed by atoms with Crippen molar-refractivity contribution in [2.24, 2.45) is 10.9 Å². The van der Waals surface area contributed by atoms with Gasteiger partial charge in [0.1, 0.15) is 16.7 Å². The number of ether oxygens (including phenoxy) is 3. The number of methoxy groups -OCH3 is 2. The van der Waals surface area contributed by atoms with E-state index in [4.69, 9.17) is 19.2 Å². The molecule has 7 nitrogen and oxygen atoms in total. The Balaban J connectivity index is 1.85. The van der Waals surface area contributed by atoms with Crippen LogP contribution < -0.4 is 4.74 Å². The summed E-state index contributed by atoms with van der Waals surface area (Å²) in [6, 6.07) is 15.4. The standard InChI is InChI=1S/C29H30N2O5S/c1-16(2)36-29(33)25-18(4)30-17(3)24(28(32)35-6)26(25)21-9-7-8-10-22(21)27-31-23(15-37-27)19-11-13-20(34-5)14-12-19/h7-16,24,26H,1-6H3. The van der Waals surface area contributed by atoms with Crippen molar-refractivity contribution in [3.05, 3.63) is 70.7 Å². The summed E-state index contributed by atoms with van der Waals surface area (Å²) in [5, 5.41) is 2.77. The van der Waals surface area contributed by atoms with Crippen molar-refractivity contribution < 1.29 is 23.8 Å². The molecule has 0 bridgehead atoms. The molecule has 1 aliphatic rings. The third-order valence-electron chi connectivity index (χ3n) is 6.26. The number of nitrogens with zero attached hydrogens (tertiary/aromatic N) is 2. The molecule has 2 unspecified atom stereocenters. The third kappa shape index (κ3) is 5.34. The fraction of sp³-hybridized carbons (Fsp3) is 0.310. The van der Waals surface area contributed by atoms with Crippen LogP contribution in [0.5, 0.6) is 5.75 Å². The summed E-state index contributed by atoms with van der Waals surface area (Å²) < 4.78 is 16.0. The lowest BCUT2D eigenvalue weighted by molar-refractivity contribution is -0.145. The lowest BCUT2D eigenvalue weighted by atomic mass is 9.74. The Hall–Kier alpha value is -3.78. The summed E-state index contributed by atoms with van der Waals surface area (Å²) in [6.07, 6.45) is -0.321. The lowest BCUT2D eigenvalue weighted by Crippen LogP contribution is -2.36. The highest BCUT2D eigenvalue weighted by atomic mass is 32.1. The molecule has 0 fully saturated rings. The first-order valence-electron chi connectivity index (χ1n) is 12.0. The molecule has 0 saturated carbocycles. The average molecular weight is 519 g/mol. The topological polar surface area (TPSA) is 87.1 Å². The van der Waals surface area contributed by atoms with Gasteiger partial charge in [0.15, 0.2) is 0 Å². The highest BCUT2D eigenvalue weighted by Crippen LogP contribution is 2.44. The van der Waals surface area contributed by atoms with Crippen molar-refractivity contribution in [1.82, 2.24) is 4.98 Å². The van der Waals surface area contributed by atoms with Crippen molar-refractivity contribution >= 4 is 29.0 Å². The van der Waals surface area contributed by atoms with Crippen molar-refractivity contribution in [3.8, 4) is 27.6 Å². The summed E-state index contributed by atoms with van der Waals surface area (Å²) in [5.74, 6) is -1.58. The highest BCUT2D eigenvalue weighted by molar-refractivity contribution is 7.13. The monoisotopic (exact) mass is 518 g/mol. The first-order valence-corrected chi connectivity index (χ1v) is 12.9. The minimum Gasteiger partial charge on any atom is -0.497 e. The third-order valence-corrected chi connectivity index (χ3v) is 7.14. The van der Waals surface area contributed by atoms with Gasteiger partial charge in [-0.1, -0.05) is 24.3 Å².